The molecule has 0 aliphatic carbocycles. The third-order valence-corrected chi connectivity index (χ3v) is 0.790. The molecular formula is C5H10N2O3-2. The van der Waals surface area contributed by atoms with Crippen LogP contribution in [0.3, 0.4) is 0 Å². The molecule has 0 heterocycles. The first-order chi connectivity index (χ1) is 4.66. The molecule has 0 fully saturated rings. The predicted molar refractivity (Wildman–Crippen MR) is 37.4 cm³/mol. The Labute approximate surface area is 59.6 Å². The average molecular weight is 146 g/mol. The van der Waals surface area contributed by atoms with Crippen LogP contribution >= 0.6 is 0 Å². The van der Waals surface area contributed by atoms with Crippen LogP contribution in [-0.2, 0) is 4.84 Å². The Kier molecular flexibility index (Phi) is 4.87. The van der Waals surface area contributed by atoms with Gasteiger partial charge in [0.05, 0.1) is 0 Å². The summed E-state index contributed by atoms with van der Waals surface area (Å²) in [5, 5.41) is 21.6. The second-order valence-corrected chi connectivity index (χ2v) is 1.68. The number of hydrogen-bond acceptors (Lipinski definition) is 5. The summed E-state index contributed by atoms with van der Waals surface area (Å²) < 4.78 is 0. The van der Waals surface area contributed by atoms with E-state index >= 15 is 0 Å². The summed E-state index contributed by atoms with van der Waals surface area (Å²) in [6.45, 7) is 3.31. The lowest BCUT2D eigenvalue weighted by Gasteiger charge is -2.29. The third-order valence-electron chi connectivity index (χ3n) is 0.790. The largest absolute Gasteiger partial charge is 0.785 e. The molecule has 0 bridgehead atoms. The smallest absolute Gasteiger partial charge is 0.103 e. The van der Waals surface area contributed by atoms with Gasteiger partial charge in [-0.05, 0) is 7.05 Å². The maximum atomic E-state index is 10.4. The molecule has 0 N–H and O–H groups in total. The Morgan fingerprint density at radius 1 is 1.50 bits per heavy atom. The zero-order chi connectivity index (χ0) is 7.98. The fourth-order valence-electron chi connectivity index (χ4n) is 0.358. The number of likely N-dealkylation sites (N-methyl/N-ethyl adjacent to an activating group) is 1. The van der Waals surface area contributed by atoms with Crippen molar-refractivity contribution in [3.05, 3.63) is 23.3 Å². The Morgan fingerprint density at radius 2 is 2.10 bits per heavy atom. The highest BCUT2D eigenvalue weighted by molar-refractivity contribution is 4.55. The zero-order valence-corrected chi connectivity index (χ0v) is 5.82. The first-order valence-corrected chi connectivity index (χ1v) is 2.77. The maximum Gasteiger partial charge on any atom is 0.103 e. The van der Waals surface area contributed by atoms with E-state index in [4.69, 9.17) is 0 Å². The molecule has 0 amide bonds. The molecule has 10 heavy (non-hydrogen) atoms. The summed E-state index contributed by atoms with van der Waals surface area (Å²) in [5.41, 5.74) is 0. The summed E-state index contributed by atoms with van der Waals surface area (Å²) in [7, 11) is 1.34. The Balaban J connectivity index is 3.20. The van der Waals surface area contributed by atoms with Crippen LogP contribution in [0.5, 0.6) is 0 Å². The predicted octanol–water partition coefficient (Wildman–Crippen LogP) is 0.291. The molecule has 0 unspecified atom stereocenters. The van der Waals surface area contributed by atoms with Gasteiger partial charge in [-0.3, -0.25) is 0 Å². The van der Waals surface area contributed by atoms with Crippen LogP contribution in [0.15, 0.2) is 12.8 Å². The Hall–Kier alpha value is -0.620. The van der Waals surface area contributed by atoms with Crippen molar-refractivity contribution in [2.75, 3.05) is 20.1 Å². The third kappa shape index (κ3) is 5.52. The van der Waals surface area contributed by atoms with Crippen molar-refractivity contribution >= 4 is 0 Å². The van der Waals surface area contributed by atoms with Crippen molar-refractivity contribution in [2.24, 2.45) is 0 Å². The van der Waals surface area contributed by atoms with Crippen molar-refractivity contribution in [3.8, 4) is 0 Å². The Morgan fingerprint density at radius 3 is 2.50 bits per heavy atom. The minimum Gasteiger partial charge on any atom is -0.785 e. The van der Waals surface area contributed by atoms with E-state index in [-0.39, 0.29) is 13.1 Å². The highest BCUT2D eigenvalue weighted by Gasteiger charge is 1.87. The lowest BCUT2D eigenvalue weighted by molar-refractivity contribution is -0.0577. The zero-order valence-electron chi connectivity index (χ0n) is 5.82. The van der Waals surface area contributed by atoms with Crippen molar-refractivity contribution in [2.45, 2.75) is 0 Å². The summed E-state index contributed by atoms with van der Waals surface area (Å²) in [5.74, 6) is 0. The highest BCUT2D eigenvalue weighted by atomic mass is 16.9. The van der Waals surface area contributed by atoms with Crippen LogP contribution in [0.1, 0.15) is 0 Å². The molecule has 0 spiro atoms. The van der Waals surface area contributed by atoms with E-state index in [0.717, 1.165) is 6.26 Å². The quantitative estimate of drug-likeness (QED) is 0.412. The van der Waals surface area contributed by atoms with Gasteiger partial charge >= 0.3 is 0 Å². The normalized spacial score (nSPS) is 10.5. The van der Waals surface area contributed by atoms with Crippen LogP contribution in [-0.4, -0.2) is 30.4 Å². The number of hydrogen-bond donors (Lipinski definition) is 0. The second-order valence-electron chi connectivity index (χ2n) is 1.68. The van der Waals surface area contributed by atoms with Gasteiger partial charge in [-0.1, -0.05) is 6.58 Å². The summed E-state index contributed by atoms with van der Waals surface area (Å²) in [4.78, 5) is 4.27. The van der Waals surface area contributed by atoms with Crippen molar-refractivity contribution < 1.29 is 4.84 Å². The molecule has 0 aromatic heterocycles. The topological polar surface area (TPSA) is 61.8 Å². The van der Waals surface area contributed by atoms with Crippen molar-refractivity contribution in [3.63, 3.8) is 0 Å². The van der Waals surface area contributed by atoms with Gasteiger partial charge in [0.2, 0.25) is 0 Å². The van der Waals surface area contributed by atoms with E-state index in [0.29, 0.717) is 10.3 Å². The SMILES string of the molecule is C=CON([O-])CCN(C)[O-]. The summed E-state index contributed by atoms with van der Waals surface area (Å²) in [6, 6.07) is 0. The summed E-state index contributed by atoms with van der Waals surface area (Å²) >= 11 is 0. The van der Waals surface area contributed by atoms with Crippen LogP contribution in [0.4, 0.5) is 0 Å². The molecule has 0 aromatic carbocycles. The average Bonchev–Trinajstić information content (AvgIpc) is 1.85. The van der Waals surface area contributed by atoms with Crippen LogP contribution < -0.4 is 0 Å². The fourth-order valence-corrected chi connectivity index (χ4v) is 0.358. The molecule has 0 aromatic rings. The van der Waals surface area contributed by atoms with E-state index < -0.39 is 0 Å². The van der Waals surface area contributed by atoms with Gasteiger partial charge in [0.1, 0.15) is 6.26 Å². The minimum absolute atomic E-state index is 0.0199. The molecule has 0 aliphatic rings. The molecule has 0 saturated heterocycles. The number of hydroxylamine groups is 4. The van der Waals surface area contributed by atoms with Gasteiger partial charge in [0.25, 0.3) is 0 Å². The van der Waals surface area contributed by atoms with Crippen molar-refractivity contribution in [1.82, 2.24) is 10.3 Å². The fraction of sp³-hybridized carbons (Fsp3) is 0.600. The van der Waals surface area contributed by atoms with E-state index in [1.54, 1.807) is 0 Å². The van der Waals surface area contributed by atoms with Gasteiger partial charge in [-0.25, -0.2) is 5.23 Å². The van der Waals surface area contributed by atoms with E-state index in [1.807, 2.05) is 0 Å². The first-order valence-electron chi connectivity index (χ1n) is 2.77. The van der Waals surface area contributed by atoms with Crippen molar-refractivity contribution in [1.29, 1.82) is 0 Å². The lowest BCUT2D eigenvalue weighted by atomic mass is 10.6. The molecule has 0 atom stereocenters. The van der Waals surface area contributed by atoms with Gasteiger partial charge in [0.15, 0.2) is 0 Å². The lowest BCUT2D eigenvalue weighted by Crippen LogP contribution is -2.25. The molecule has 0 rings (SSSR count). The molecule has 5 nitrogen and oxygen atoms in total. The van der Waals surface area contributed by atoms with E-state index in [9.17, 15) is 10.4 Å². The molecule has 5 heteroatoms. The molecule has 0 saturated carbocycles. The monoisotopic (exact) mass is 146 g/mol. The van der Waals surface area contributed by atoms with Crippen LogP contribution in [0.2, 0.25) is 0 Å². The molecule has 0 radical (unpaired) electrons. The number of rotatable bonds is 5. The molecular weight excluding hydrogens is 136 g/mol. The van der Waals surface area contributed by atoms with Gasteiger partial charge < -0.3 is 20.3 Å². The molecule has 0 aliphatic heterocycles. The second kappa shape index (κ2) is 5.19. The van der Waals surface area contributed by atoms with Gasteiger partial charge in [-0.2, -0.15) is 0 Å². The van der Waals surface area contributed by atoms with Gasteiger partial charge in [-0.15, -0.1) is 0 Å². The maximum absolute atomic E-state index is 10.4. The van der Waals surface area contributed by atoms with Crippen LogP contribution in [0.25, 0.3) is 0 Å². The van der Waals surface area contributed by atoms with E-state index in [2.05, 4.69) is 11.4 Å². The standard InChI is InChI=1S/C5H10N2O3/c1-3-10-7(9)5-4-6(2)8/h3H,1,4-5H2,2H3/q-2. The van der Waals surface area contributed by atoms with Gasteiger partial charge in [0, 0.05) is 13.1 Å². The Bertz CT molecular complexity index is 96.9. The highest BCUT2D eigenvalue weighted by Crippen LogP contribution is 1.87. The summed E-state index contributed by atoms with van der Waals surface area (Å²) in [6.07, 6.45) is 1.01. The van der Waals surface area contributed by atoms with E-state index in [1.165, 1.54) is 7.05 Å². The molecule has 60 valence electrons. The first kappa shape index (κ1) is 9.38. The minimum atomic E-state index is 0.0199. The number of nitrogens with zero attached hydrogens (tertiary/aromatic N) is 2. The van der Waals surface area contributed by atoms with Crippen LogP contribution in [0, 0.1) is 10.4 Å².